The van der Waals surface area contributed by atoms with Crippen LogP contribution in [0.1, 0.15) is 32.0 Å². The molecule has 1 aliphatic rings. The van der Waals surface area contributed by atoms with E-state index in [0.717, 1.165) is 48.4 Å². The molecule has 1 fully saturated rings. The van der Waals surface area contributed by atoms with Gasteiger partial charge >= 0.3 is 0 Å². The van der Waals surface area contributed by atoms with Gasteiger partial charge in [-0.25, -0.2) is 4.98 Å². The lowest BCUT2D eigenvalue weighted by Gasteiger charge is -2.18. The summed E-state index contributed by atoms with van der Waals surface area (Å²) in [5, 5.41) is 9.28. The second kappa shape index (κ2) is 5.05. The Hall–Kier alpha value is -1.09. The number of aliphatic hydroxyl groups is 1. The molecule has 0 radical (unpaired) electrons. The van der Waals surface area contributed by atoms with Crippen LogP contribution in [0, 0.1) is 11.8 Å². The van der Waals surface area contributed by atoms with Gasteiger partial charge in [0.05, 0.1) is 6.61 Å². The summed E-state index contributed by atoms with van der Waals surface area (Å²) in [6.07, 6.45) is 0.916. The number of hydrogen-bond donors (Lipinski definition) is 1. The molecule has 1 saturated heterocycles. The number of aliphatic hydroxyl groups excluding tert-OH is 1. The Morgan fingerprint density at radius 1 is 1.29 bits per heavy atom. The molecule has 0 bridgehead atoms. The molecule has 0 aliphatic carbocycles. The number of anilines is 1. The second-order valence-corrected chi connectivity index (χ2v) is 5.20. The van der Waals surface area contributed by atoms with Crippen molar-refractivity contribution in [2.24, 2.45) is 11.8 Å². The Kier molecular flexibility index (Phi) is 3.67. The van der Waals surface area contributed by atoms with Crippen LogP contribution in [-0.2, 0) is 13.0 Å². The van der Waals surface area contributed by atoms with Crippen LogP contribution in [0.2, 0.25) is 0 Å². The molecule has 1 aromatic heterocycles. The molecular formula is C14H22N2O. The standard InChI is InChI=1S/C14H22N2O/c1-4-13-5-12(9-17)6-14(15-13)16-7-10(2)11(3)8-16/h5-6,10-11,17H,4,7-9H2,1-3H3. The number of hydrogen-bond acceptors (Lipinski definition) is 3. The van der Waals surface area contributed by atoms with Gasteiger partial charge in [-0.15, -0.1) is 0 Å². The van der Waals surface area contributed by atoms with E-state index in [-0.39, 0.29) is 6.61 Å². The first-order valence-electron chi connectivity index (χ1n) is 6.49. The molecule has 0 spiro atoms. The maximum absolute atomic E-state index is 9.28. The van der Waals surface area contributed by atoms with Crippen molar-refractivity contribution in [2.75, 3.05) is 18.0 Å². The summed E-state index contributed by atoms with van der Waals surface area (Å²) in [6.45, 7) is 8.94. The molecule has 1 aromatic rings. The molecule has 3 nitrogen and oxygen atoms in total. The summed E-state index contributed by atoms with van der Waals surface area (Å²) in [7, 11) is 0. The molecule has 0 amide bonds. The third kappa shape index (κ3) is 2.60. The van der Waals surface area contributed by atoms with Crippen molar-refractivity contribution in [3.05, 3.63) is 23.4 Å². The molecular weight excluding hydrogens is 212 g/mol. The third-order valence-electron chi connectivity index (χ3n) is 3.78. The van der Waals surface area contributed by atoms with Gasteiger partial charge in [0.25, 0.3) is 0 Å². The van der Waals surface area contributed by atoms with E-state index in [1.165, 1.54) is 0 Å². The van der Waals surface area contributed by atoms with Crippen molar-refractivity contribution >= 4 is 5.82 Å². The van der Waals surface area contributed by atoms with Gasteiger partial charge in [0, 0.05) is 18.8 Å². The van der Waals surface area contributed by atoms with Crippen LogP contribution < -0.4 is 4.90 Å². The van der Waals surface area contributed by atoms with E-state index in [0.29, 0.717) is 0 Å². The van der Waals surface area contributed by atoms with Crippen LogP contribution in [0.4, 0.5) is 5.82 Å². The SMILES string of the molecule is CCc1cc(CO)cc(N2CC(C)C(C)C2)n1. The van der Waals surface area contributed by atoms with E-state index in [1.54, 1.807) is 0 Å². The van der Waals surface area contributed by atoms with Gasteiger partial charge in [-0.2, -0.15) is 0 Å². The molecule has 2 atom stereocenters. The smallest absolute Gasteiger partial charge is 0.129 e. The first kappa shape index (κ1) is 12.4. The highest BCUT2D eigenvalue weighted by molar-refractivity contribution is 5.44. The van der Waals surface area contributed by atoms with E-state index in [1.807, 2.05) is 12.1 Å². The average molecular weight is 234 g/mol. The molecule has 2 unspecified atom stereocenters. The van der Waals surface area contributed by atoms with Crippen LogP contribution in [0.5, 0.6) is 0 Å². The van der Waals surface area contributed by atoms with Gasteiger partial charge < -0.3 is 10.0 Å². The zero-order chi connectivity index (χ0) is 12.4. The van der Waals surface area contributed by atoms with E-state index in [2.05, 4.69) is 30.7 Å². The van der Waals surface area contributed by atoms with Crippen LogP contribution in [-0.4, -0.2) is 23.2 Å². The van der Waals surface area contributed by atoms with Crippen molar-refractivity contribution in [3.8, 4) is 0 Å². The molecule has 1 N–H and O–H groups in total. The Labute approximate surface area is 103 Å². The lowest BCUT2D eigenvalue weighted by atomic mass is 10.0. The summed E-state index contributed by atoms with van der Waals surface area (Å²) in [5.74, 6) is 2.48. The van der Waals surface area contributed by atoms with Crippen LogP contribution in [0.3, 0.4) is 0 Å². The zero-order valence-electron chi connectivity index (χ0n) is 11.0. The van der Waals surface area contributed by atoms with Crippen molar-refractivity contribution in [2.45, 2.75) is 33.8 Å². The maximum atomic E-state index is 9.28. The van der Waals surface area contributed by atoms with Gasteiger partial charge in [0.2, 0.25) is 0 Å². The van der Waals surface area contributed by atoms with Crippen LogP contribution in [0.15, 0.2) is 12.1 Å². The molecule has 2 heterocycles. The van der Waals surface area contributed by atoms with Crippen LogP contribution >= 0.6 is 0 Å². The van der Waals surface area contributed by atoms with E-state index < -0.39 is 0 Å². The number of pyridine rings is 1. The number of aromatic nitrogens is 1. The monoisotopic (exact) mass is 234 g/mol. The summed E-state index contributed by atoms with van der Waals surface area (Å²) in [4.78, 5) is 7.01. The van der Waals surface area contributed by atoms with Crippen molar-refractivity contribution < 1.29 is 5.11 Å². The summed E-state index contributed by atoms with van der Waals surface area (Å²) >= 11 is 0. The molecule has 1 aliphatic heterocycles. The Morgan fingerprint density at radius 2 is 1.94 bits per heavy atom. The number of aryl methyl sites for hydroxylation is 1. The minimum atomic E-state index is 0.0987. The highest BCUT2D eigenvalue weighted by Crippen LogP contribution is 2.27. The predicted octanol–water partition coefficient (Wildman–Crippen LogP) is 2.23. The van der Waals surface area contributed by atoms with E-state index >= 15 is 0 Å². The Morgan fingerprint density at radius 3 is 2.47 bits per heavy atom. The molecule has 94 valence electrons. The summed E-state index contributed by atoms with van der Waals surface area (Å²) in [5.41, 5.74) is 2.04. The van der Waals surface area contributed by atoms with Gasteiger partial charge in [0.1, 0.15) is 5.82 Å². The van der Waals surface area contributed by atoms with Gasteiger partial charge in [0.15, 0.2) is 0 Å². The molecule has 3 heteroatoms. The normalized spacial score (nSPS) is 24.4. The summed E-state index contributed by atoms with van der Waals surface area (Å²) in [6, 6.07) is 4.01. The van der Waals surface area contributed by atoms with Gasteiger partial charge in [-0.3, -0.25) is 0 Å². The van der Waals surface area contributed by atoms with Gasteiger partial charge in [-0.05, 0) is 36.0 Å². The fourth-order valence-corrected chi connectivity index (χ4v) is 2.38. The van der Waals surface area contributed by atoms with Crippen LogP contribution in [0.25, 0.3) is 0 Å². The quantitative estimate of drug-likeness (QED) is 0.871. The lowest BCUT2D eigenvalue weighted by Crippen LogP contribution is -2.21. The lowest BCUT2D eigenvalue weighted by molar-refractivity contribution is 0.281. The third-order valence-corrected chi connectivity index (χ3v) is 3.78. The Balaban J connectivity index is 2.26. The van der Waals surface area contributed by atoms with Crippen molar-refractivity contribution in [1.29, 1.82) is 0 Å². The number of nitrogens with zero attached hydrogens (tertiary/aromatic N) is 2. The Bertz CT molecular complexity index is 360. The van der Waals surface area contributed by atoms with Crippen molar-refractivity contribution in [1.82, 2.24) is 4.98 Å². The molecule has 17 heavy (non-hydrogen) atoms. The first-order valence-corrected chi connectivity index (χ1v) is 6.49. The minimum absolute atomic E-state index is 0.0987. The summed E-state index contributed by atoms with van der Waals surface area (Å²) < 4.78 is 0. The minimum Gasteiger partial charge on any atom is -0.392 e. The van der Waals surface area contributed by atoms with Gasteiger partial charge in [-0.1, -0.05) is 20.8 Å². The highest BCUT2D eigenvalue weighted by Gasteiger charge is 2.27. The largest absolute Gasteiger partial charge is 0.392 e. The fraction of sp³-hybridized carbons (Fsp3) is 0.643. The molecule has 2 rings (SSSR count). The van der Waals surface area contributed by atoms with Crippen molar-refractivity contribution in [3.63, 3.8) is 0 Å². The second-order valence-electron chi connectivity index (χ2n) is 5.20. The first-order chi connectivity index (χ1) is 8.13. The zero-order valence-corrected chi connectivity index (χ0v) is 11.0. The average Bonchev–Trinajstić information content (AvgIpc) is 2.69. The maximum Gasteiger partial charge on any atom is 0.129 e. The topological polar surface area (TPSA) is 36.4 Å². The number of rotatable bonds is 3. The predicted molar refractivity (Wildman–Crippen MR) is 70.1 cm³/mol. The highest BCUT2D eigenvalue weighted by atomic mass is 16.3. The van der Waals surface area contributed by atoms with E-state index in [9.17, 15) is 5.11 Å². The van der Waals surface area contributed by atoms with E-state index in [4.69, 9.17) is 0 Å². The fourth-order valence-electron chi connectivity index (χ4n) is 2.38. The molecule has 0 saturated carbocycles. The molecule has 0 aromatic carbocycles.